The smallest absolute Gasteiger partial charge is 0.308 e. The molecule has 2 aromatic rings. The van der Waals surface area contributed by atoms with Crippen LogP contribution in [0.25, 0.3) is 11.0 Å². The third-order valence-electron chi connectivity index (χ3n) is 2.06. The van der Waals surface area contributed by atoms with Gasteiger partial charge in [0.05, 0.1) is 11.3 Å². The Morgan fingerprint density at radius 1 is 1.44 bits per heavy atom. The summed E-state index contributed by atoms with van der Waals surface area (Å²) in [4.78, 5) is 20.6. The van der Waals surface area contributed by atoms with E-state index in [0.717, 1.165) is 0 Å². The van der Waals surface area contributed by atoms with Crippen molar-refractivity contribution >= 4 is 22.7 Å². The molecule has 8 heteroatoms. The molecule has 1 heterocycles. The lowest BCUT2D eigenvalue weighted by atomic mass is 10.1. The van der Waals surface area contributed by atoms with Crippen LogP contribution in [-0.2, 0) is 11.2 Å². The van der Waals surface area contributed by atoms with Crippen LogP contribution < -0.4 is 0 Å². The van der Waals surface area contributed by atoms with Crippen LogP contribution in [0.4, 0.5) is 5.69 Å². The molecule has 0 atom stereocenters. The molecular formula is C8H6N4O4. The molecule has 0 saturated heterocycles. The van der Waals surface area contributed by atoms with Gasteiger partial charge in [-0.3, -0.25) is 14.9 Å². The van der Waals surface area contributed by atoms with Crippen LogP contribution in [-0.4, -0.2) is 31.4 Å². The number of aliphatic carboxylic acids is 1. The maximum atomic E-state index is 10.7. The first-order valence-corrected chi connectivity index (χ1v) is 4.27. The molecular weight excluding hydrogens is 216 g/mol. The Balaban J connectivity index is 2.62. The van der Waals surface area contributed by atoms with E-state index in [1.54, 1.807) is 0 Å². The summed E-state index contributed by atoms with van der Waals surface area (Å²) in [5.41, 5.74) is 0.588. The number of nitro groups is 1. The number of fused-ring (bicyclic) bond motifs is 1. The number of aromatic nitrogens is 3. The van der Waals surface area contributed by atoms with E-state index in [2.05, 4.69) is 15.4 Å². The number of hydrogen-bond acceptors (Lipinski definition) is 5. The fourth-order valence-corrected chi connectivity index (χ4v) is 1.40. The monoisotopic (exact) mass is 222 g/mol. The summed E-state index contributed by atoms with van der Waals surface area (Å²) in [5, 5.41) is 29.1. The second-order valence-electron chi connectivity index (χ2n) is 3.12. The van der Waals surface area contributed by atoms with Crippen molar-refractivity contribution in [1.82, 2.24) is 15.4 Å². The summed E-state index contributed by atoms with van der Waals surface area (Å²) in [7, 11) is 0. The Morgan fingerprint density at radius 3 is 2.62 bits per heavy atom. The third-order valence-corrected chi connectivity index (χ3v) is 2.06. The first kappa shape index (κ1) is 10.0. The van der Waals surface area contributed by atoms with Crippen LogP contribution in [0.15, 0.2) is 12.1 Å². The van der Waals surface area contributed by atoms with Crippen LogP contribution in [0.3, 0.4) is 0 Å². The zero-order chi connectivity index (χ0) is 11.7. The van der Waals surface area contributed by atoms with Gasteiger partial charge in [-0.2, -0.15) is 15.4 Å². The van der Waals surface area contributed by atoms with Gasteiger partial charge in [-0.25, -0.2) is 0 Å². The highest BCUT2D eigenvalue weighted by Gasteiger charge is 2.18. The maximum Gasteiger partial charge on any atom is 0.308 e. The van der Waals surface area contributed by atoms with Crippen molar-refractivity contribution in [2.24, 2.45) is 0 Å². The minimum Gasteiger partial charge on any atom is -0.481 e. The van der Waals surface area contributed by atoms with E-state index in [-0.39, 0.29) is 11.3 Å². The Kier molecular flexibility index (Phi) is 2.24. The topological polar surface area (TPSA) is 122 Å². The second kappa shape index (κ2) is 3.57. The molecule has 0 aliphatic rings. The van der Waals surface area contributed by atoms with Gasteiger partial charge in [0.2, 0.25) is 0 Å². The summed E-state index contributed by atoms with van der Waals surface area (Å²) in [6.07, 6.45) is -0.418. The molecule has 16 heavy (non-hydrogen) atoms. The van der Waals surface area contributed by atoms with Gasteiger partial charge in [-0.15, -0.1) is 0 Å². The molecule has 0 saturated carbocycles. The van der Waals surface area contributed by atoms with E-state index >= 15 is 0 Å². The predicted molar refractivity (Wildman–Crippen MR) is 51.9 cm³/mol. The van der Waals surface area contributed by atoms with E-state index in [1.165, 1.54) is 12.1 Å². The van der Waals surface area contributed by atoms with Crippen LogP contribution in [0.1, 0.15) is 5.56 Å². The molecule has 8 nitrogen and oxygen atoms in total. The summed E-state index contributed by atoms with van der Waals surface area (Å²) in [6, 6.07) is 2.56. The quantitative estimate of drug-likeness (QED) is 0.575. The highest BCUT2D eigenvalue weighted by molar-refractivity contribution is 5.81. The molecule has 2 N–H and O–H groups in total. The SMILES string of the molecule is O=C(O)Cc1cc2n[nH]nc2cc1[N+](=O)[O-]. The number of benzene rings is 1. The number of aromatic amines is 1. The summed E-state index contributed by atoms with van der Waals surface area (Å²) in [6.45, 7) is 0. The molecule has 0 aliphatic carbocycles. The lowest BCUT2D eigenvalue weighted by Gasteiger charge is -1.99. The average molecular weight is 222 g/mol. The number of carbonyl (C=O) groups is 1. The van der Waals surface area contributed by atoms with Gasteiger partial charge in [-0.05, 0) is 6.07 Å². The minimum atomic E-state index is -1.13. The van der Waals surface area contributed by atoms with Crippen LogP contribution >= 0.6 is 0 Å². The number of carboxylic acids is 1. The number of carboxylic acid groups (broad SMARTS) is 1. The van der Waals surface area contributed by atoms with Gasteiger partial charge in [0.25, 0.3) is 5.69 Å². The molecule has 2 rings (SSSR count). The number of nitro benzene ring substituents is 1. The Bertz CT molecular complexity index is 576. The molecule has 0 fully saturated rings. The maximum absolute atomic E-state index is 10.7. The van der Waals surface area contributed by atoms with E-state index in [1.807, 2.05) is 0 Å². The first-order valence-electron chi connectivity index (χ1n) is 4.27. The normalized spacial score (nSPS) is 10.5. The van der Waals surface area contributed by atoms with Crippen molar-refractivity contribution in [3.8, 4) is 0 Å². The van der Waals surface area contributed by atoms with Gasteiger partial charge in [0.1, 0.15) is 11.0 Å². The van der Waals surface area contributed by atoms with Gasteiger partial charge in [0.15, 0.2) is 0 Å². The molecule has 0 aliphatic heterocycles. The average Bonchev–Trinajstić information content (AvgIpc) is 2.62. The zero-order valence-electron chi connectivity index (χ0n) is 7.88. The van der Waals surface area contributed by atoms with Crippen molar-refractivity contribution in [2.45, 2.75) is 6.42 Å². The fraction of sp³-hybridized carbons (Fsp3) is 0.125. The van der Waals surface area contributed by atoms with Crippen molar-refractivity contribution in [3.63, 3.8) is 0 Å². The number of nitrogens with zero attached hydrogens (tertiary/aromatic N) is 3. The molecule has 82 valence electrons. The standard InChI is InChI=1S/C8H6N4O4/c13-8(14)2-4-1-5-6(10-11-9-5)3-7(4)12(15)16/h1,3H,2H2,(H,13,14)(H,9,10,11). The van der Waals surface area contributed by atoms with Gasteiger partial charge in [-0.1, -0.05) is 0 Å². The van der Waals surface area contributed by atoms with Crippen molar-refractivity contribution in [1.29, 1.82) is 0 Å². The summed E-state index contributed by atoms with van der Waals surface area (Å²) in [5.74, 6) is -1.13. The van der Waals surface area contributed by atoms with Crippen LogP contribution in [0.2, 0.25) is 0 Å². The molecule has 0 amide bonds. The molecule has 0 radical (unpaired) electrons. The summed E-state index contributed by atoms with van der Waals surface area (Å²) >= 11 is 0. The van der Waals surface area contributed by atoms with E-state index < -0.39 is 17.3 Å². The third kappa shape index (κ3) is 1.67. The van der Waals surface area contributed by atoms with Crippen LogP contribution in [0, 0.1) is 10.1 Å². The van der Waals surface area contributed by atoms with Crippen molar-refractivity contribution < 1.29 is 14.8 Å². The number of nitrogens with one attached hydrogen (secondary N) is 1. The Labute approximate surface area is 88.0 Å². The molecule has 0 spiro atoms. The number of H-pyrrole nitrogens is 1. The highest BCUT2D eigenvalue weighted by atomic mass is 16.6. The van der Waals surface area contributed by atoms with Gasteiger partial charge in [0, 0.05) is 11.6 Å². The number of rotatable bonds is 3. The van der Waals surface area contributed by atoms with Crippen molar-refractivity contribution in [2.75, 3.05) is 0 Å². The lowest BCUT2D eigenvalue weighted by molar-refractivity contribution is -0.385. The number of hydrogen-bond donors (Lipinski definition) is 2. The molecule has 1 aromatic carbocycles. The largest absolute Gasteiger partial charge is 0.481 e. The molecule has 1 aromatic heterocycles. The minimum absolute atomic E-state index is 0.110. The highest BCUT2D eigenvalue weighted by Crippen LogP contribution is 2.23. The Hall–Kier alpha value is -2.51. The lowest BCUT2D eigenvalue weighted by Crippen LogP contribution is -2.03. The van der Waals surface area contributed by atoms with Crippen molar-refractivity contribution in [3.05, 3.63) is 27.8 Å². The zero-order valence-corrected chi connectivity index (χ0v) is 7.88. The first-order chi connectivity index (χ1) is 7.58. The molecule has 0 unspecified atom stereocenters. The van der Waals surface area contributed by atoms with Gasteiger partial charge < -0.3 is 5.11 Å². The second-order valence-corrected chi connectivity index (χ2v) is 3.12. The van der Waals surface area contributed by atoms with E-state index in [0.29, 0.717) is 11.0 Å². The fourth-order valence-electron chi connectivity index (χ4n) is 1.40. The molecule has 0 bridgehead atoms. The van der Waals surface area contributed by atoms with E-state index in [9.17, 15) is 14.9 Å². The van der Waals surface area contributed by atoms with E-state index in [4.69, 9.17) is 5.11 Å². The predicted octanol–water partition coefficient (Wildman–Crippen LogP) is 0.493. The summed E-state index contributed by atoms with van der Waals surface area (Å²) < 4.78 is 0. The van der Waals surface area contributed by atoms with Gasteiger partial charge >= 0.3 is 5.97 Å². The van der Waals surface area contributed by atoms with Crippen LogP contribution in [0.5, 0.6) is 0 Å². The Morgan fingerprint density at radius 2 is 2.06 bits per heavy atom.